The highest BCUT2D eigenvalue weighted by molar-refractivity contribution is 5.66. The summed E-state index contributed by atoms with van der Waals surface area (Å²) in [5, 5.41) is 29.4. The maximum absolute atomic E-state index is 10.6. The van der Waals surface area contributed by atoms with Crippen LogP contribution in [-0.2, 0) is 4.79 Å². The number of aliphatic hydroxyl groups excluding tert-OH is 2. The van der Waals surface area contributed by atoms with Gasteiger partial charge in [0.05, 0.1) is 12.2 Å². The molecule has 3 N–H and O–H groups in total. The minimum absolute atomic E-state index is 0.113. The molecular formula is C21H30O4. The van der Waals surface area contributed by atoms with Gasteiger partial charge in [0.25, 0.3) is 0 Å². The van der Waals surface area contributed by atoms with Crippen molar-refractivity contribution in [3.05, 3.63) is 36.0 Å². The summed E-state index contributed by atoms with van der Waals surface area (Å²) in [5.74, 6) is 0.534. The van der Waals surface area contributed by atoms with E-state index in [1.807, 2.05) is 18.2 Å². The van der Waals surface area contributed by atoms with Crippen molar-refractivity contribution in [1.82, 2.24) is 0 Å². The van der Waals surface area contributed by atoms with Crippen LogP contribution in [0.4, 0.5) is 0 Å². The van der Waals surface area contributed by atoms with E-state index in [-0.39, 0.29) is 24.5 Å². The highest BCUT2D eigenvalue weighted by Crippen LogP contribution is 2.47. The van der Waals surface area contributed by atoms with Crippen molar-refractivity contribution in [2.75, 3.05) is 0 Å². The van der Waals surface area contributed by atoms with Crippen LogP contribution in [0.1, 0.15) is 51.4 Å². The second-order valence-corrected chi connectivity index (χ2v) is 7.91. The van der Waals surface area contributed by atoms with Crippen LogP contribution in [-0.4, -0.2) is 33.5 Å². The van der Waals surface area contributed by atoms with Gasteiger partial charge in [-0.15, -0.1) is 0 Å². The molecule has 4 heteroatoms. The maximum atomic E-state index is 10.6. The van der Waals surface area contributed by atoms with E-state index >= 15 is 0 Å². The van der Waals surface area contributed by atoms with Gasteiger partial charge in [0.1, 0.15) is 0 Å². The number of allylic oxidation sites excluding steroid dienone is 4. The lowest BCUT2D eigenvalue weighted by atomic mass is 9.88. The number of hydrogen-bond donors (Lipinski definition) is 3. The molecule has 2 fully saturated rings. The van der Waals surface area contributed by atoms with E-state index < -0.39 is 5.97 Å². The van der Waals surface area contributed by atoms with Crippen LogP contribution >= 0.6 is 0 Å². The normalized spacial score (nSPS) is 34.1. The number of carboxylic acid groups (broad SMARTS) is 1. The Morgan fingerprint density at radius 2 is 2.08 bits per heavy atom. The highest BCUT2D eigenvalue weighted by Gasteiger charge is 2.43. The number of rotatable bonds is 7. The number of aliphatic hydroxyl groups is 2. The number of carboxylic acids is 1. The van der Waals surface area contributed by atoms with Gasteiger partial charge in [0.2, 0.25) is 0 Å². The Kier molecular flexibility index (Phi) is 6.13. The number of aliphatic carboxylic acids is 1. The molecule has 25 heavy (non-hydrogen) atoms. The summed E-state index contributed by atoms with van der Waals surface area (Å²) in [6.07, 6.45) is 16.6. The summed E-state index contributed by atoms with van der Waals surface area (Å²) in [4.78, 5) is 10.6. The lowest BCUT2D eigenvalue weighted by Gasteiger charge is -2.19. The van der Waals surface area contributed by atoms with Crippen molar-refractivity contribution >= 4 is 5.97 Å². The first-order chi connectivity index (χ1) is 12.0. The first-order valence-corrected chi connectivity index (χ1v) is 9.68. The zero-order valence-corrected chi connectivity index (χ0v) is 14.8. The molecule has 3 rings (SSSR count). The molecule has 0 heterocycles. The molecule has 0 aliphatic heterocycles. The molecule has 2 saturated carbocycles. The fourth-order valence-electron chi connectivity index (χ4n) is 4.81. The Labute approximate surface area is 149 Å². The third-order valence-corrected chi connectivity index (χ3v) is 6.17. The van der Waals surface area contributed by atoms with Crippen molar-refractivity contribution in [3.63, 3.8) is 0 Å². The lowest BCUT2D eigenvalue weighted by Crippen LogP contribution is -2.19. The summed E-state index contributed by atoms with van der Waals surface area (Å²) in [6, 6.07) is 0. The molecule has 5 atom stereocenters. The monoisotopic (exact) mass is 346 g/mol. The Hall–Kier alpha value is -1.39. The molecule has 0 aromatic rings. The summed E-state index contributed by atoms with van der Waals surface area (Å²) in [6.45, 7) is 0. The predicted molar refractivity (Wildman–Crippen MR) is 96.9 cm³/mol. The first kappa shape index (κ1) is 18.4. The molecule has 0 spiro atoms. The first-order valence-electron chi connectivity index (χ1n) is 9.68. The molecule has 138 valence electrons. The molecule has 0 saturated heterocycles. The van der Waals surface area contributed by atoms with E-state index in [9.17, 15) is 15.0 Å². The van der Waals surface area contributed by atoms with E-state index in [4.69, 9.17) is 5.11 Å². The highest BCUT2D eigenvalue weighted by atomic mass is 16.4. The Morgan fingerprint density at radius 1 is 1.32 bits per heavy atom. The van der Waals surface area contributed by atoms with Crippen molar-refractivity contribution in [2.45, 2.75) is 63.6 Å². The smallest absolute Gasteiger partial charge is 0.303 e. The maximum Gasteiger partial charge on any atom is 0.303 e. The van der Waals surface area contributed by atoms with Crippen LogP contribution in [0, 0.1) is 23.7 Å². The zero-order valence-electron chi connectivity index (χ0n) is 14.8. The SMILES string of the molecule is O=C(O)CC/C=C/C1=C[C@H]2C[C@@H](O)[C@H](/C=C/[C@@H](O)C3CCCC3)[C@H]2C1. The van der Waals surface area contributed by atoms with Gasteiger partial charge in [-0.25, -0.2) is 0 Å². The van der Waals surface area contributed by atoms with E-state index in [0.29, 0.717) is 24.2 Å². The van der Waals surface area contributed by atoms with Gasteiger partial charge >= 0.3 is 5.97 Å². The zero-order chi connectivity index (χ0) is 17.8. The van der Waals surface area contributed by atoms with Crippen LogP contribution in [0.3, 0.4) is 0 Å². The molecule has 0 unspecified atom stereocenters. The van der Waals surface area contributed by atoms with Gasteiger partial charge in [0, 0.05) is 12.3 Å². The number of carbonyl (C=O) groups is 1. The van der Waals surface area contributed by atoms with E-state index in [1.165, 1.54) is 18.4 Å². The Morgan fingerprint density at radius 3 is 2.80 bits per heavy atom. The van der Waals surface area contributed by atoms with Gasteiger partial charge in [-0.2, -0.15) is 0 Å². The van der Waals surface area contributed by atoms with Crippen molar-refractivity contribution in [1.29, 1.82) is 0 Å². The van der Waals surface area contributed by atoms with E-state index in [1.54, 1.807) is 0 Å². The van der Waals surface area contributed by atoms with Crippen LogP contribution < -0.4 is 0 Å². The summed E-state index contributed by atoms with van der Waals surface area (Å²) < 4.78 is 0. The van der Waals surface area contributed by atoms with Crippen LogP contribution in [0.15, 0.2) is 36.0 Å². The summed E-state index contributed by atoms with van der Waals surface area (Å²) >= 11 is 0. The second kappa shape index (κ2) is 8.33. The summed E-state index contributed by atoms with van der Waals surface area (Å²) in [5.41, 5.74) is 1.25. The van der Waals surface area contributed by atoms with Gasteiger partial charge in [-0.05, 0) is 49.9 Å². The van der Waals surface area contributed by atoms with Crippen LogP contribution in [0.25, 0.3) is 0 Å². The molecule has 0 aromatic carbocycles. The van der Waals surface area contributed by atoms with E-state index in [2.05, 4.69) is 12.2 Å². The fraction of sp³-hybridized carbons (Fsp3) is 0.667. The molecular weight excluding hydrogens is 316 g/mol. The molecule has 4 nitrogen and oxygen atoms in total. The third-order valence-electron chi connectivity index (χ3n) is 6.17. The Balaban J connectivity index is 1.54. The average molecular weight is 346 g/mol. The number of fused-ring (bicyclic) bond motifs is 1. The van der Waals surface area contributed by atoms with Crippen molar-refractivity contribution in [3.8, 4) is 0 Å². The predicted octanol–water partition coefficient (Wildman–Crippen LogP) is 3.46. The molecule has 0 aromatic heterocycles. The van der Waals surface area contributed by atoms with Crippen LogP contribution in [0.2, 0.25) is 0 Å². The quantitative estimate of drug-likeness (QED) is 0.617. The lowest BCUT2D eigenvalue weighted by molar-refractivity contribution is -0.136. The standard InChI is InChI=1S/C21H30O4/c22-19(15-6-2-3-7-15)10-9-17-18-12-14(5-1-4-8-21(24)25)11-16(18)13-20(17)23/h1,5,9-11,15-20,22-23H,2-4,6-8,12-13H2,(H,24,25)/b5-1+,10-9+/t16-,17+,18-,19+,20+/m0/s1. The topological polar surface area (TPSA) is 77.8 Å². The van der Waals surface area contributed by atoms with Gasteiger partial charge in [0.15, 0.2) is 0 Å². The molecule has 0 radical (unpaired) electrons. The average Bonchev–Trinajstić information content (AvgIpc) is 3.26. The van der Waals surface area contributed by atoms with Crippen molar-refractivity contribution < 1.29 is 20.1 Å². The second-order valence-electron chi connectivity index (χ2n) is 7.91. The fourth-order valence-corrected chi connectivity index (χ4v) is 4.81. The third kappa shape index (κ3) is 4.62. The van der Waals surface area contributed by atoms with Crippen LogP contribution in [0.5, 0.6) is 0 Å². The van der Waals surface area contributed by atoms with Gasteiger partial charge < -0.3 is 15.3 Å². The minimum atomic E-state index is -0.768. The molecule has 0 amide bonds. The largest absolute Gasteiger partial charge is 0.481 e. The minimum Gasteiger partial charge on any atom is -0.481 e. The Bertz CT molecular complexity index is 556. The summed E-state index contributed by atoms with van der Waals surface area (Å²) in [7, 11) is 0. The number of hydrogen-bond acceptors (Lipinski definition) is 3. The van der Waals surface area contributed by atoms with Gasteiger partial charge in [-0.1, -0.05) is 48.8 Å². The molecule has 3 aliphatic carbocycles. The molecule has 3 aliphatic rings. The van der Waals surface area contributed by atoms with Crippen molar-refractivity contribution in [2.24, 2.45) is 23.7 Å². The van der Waals surface area contributed by atoms with Gasteiger partial charge in [-0.3, -0.25) is 4.79 Å². The molecule has 0 bridgehead atoms. The van der Waals surface area contributed by atoms with E-state index in [0.717, 1.165) is 25.7 Å².